The molecular weight excluding hydrogens is 312 g/mol. The summed E-state index contributed by atoms with van der Waals surface area (Å²) in [5, 5.41) is 0. The van der Waals surface area contributed by atoms with E-state index in [4.69, 9.17) is 9.97 Å². The van der Waals surface area contributed by atoms with Crippen molar-refractivity contribution in [1.29, 1.82) is 0 Å². The molecule has 2 aromatic rings. The molecular formula is C20H24N4O. The highest BCUT2D eigenvalue weighted by molar-refractivity contribution is 5.73. The van der Waals surface area contributed by atoms with E-state index in [-0.39, 0.29) is 11.8 Å². The molecule has 0 unspecified atom stereocenters. The summed E-state index contributed by atoms with van der Waals surface area (Å²) in [7, 11) is 0. The normalized spacial score (nSPS) is 23.5. The molecule has 2 fully saturated rings. The van der Waals surface area contributed by atoms with Gasteiger partial charge in [0.1, 0.15) is 5.82 Å². The van der Waals surface area contributed by atoms with Gasteiger partial charge in [-0.3, -0.25) is 9.78 Å². The molecule has 0 bridgehead atoms. The summed E-state index contributed by atoms with van der Waals surface area (Å²) in [6.45, 7) is 4.50. The molecule has 2 atom stereocenters. The van der Waals surface area contributed by atoms with E-state index in [0.29, 0.717) is 12.0 Å². The number of hydrogen-bond donors (Lipinski definition) is 0. The molecule has 1 aliphatic carbocycles. The van der Waals surface area contributed by atoms with Crippen LogP contribution >= 0.6 is 0 Å². The first kappa shape index (κ1) is 16.2. The Balaban J connectivity index is 1.69. The molecule has 5 heteroatoms. The molecule has 2 aromatic heterocycles. The first-order valence-corrected chi connectivity index (χ1v) is 9.18. The van der Waals surface area contributed by atoms with Crippen molar-refractivity contribution in [2.75, 3.05) is 6.54 Å². The second kappa shape index (κ2) is 6.54. The minimum Gasteiger partial charge on any atom is -0.340 e. The van der Waals surface area contributed by atoms with Gasteiger partial charge in [-0.15, -0.1) is 0 Å². The van der Waals surface area contributed by atoms with Gasteiger partial charge in [-0.25, -0.2) is 9.97 Å². The maximum absolute atomic E-state index is 11.9. The molecule has 0 spiro atoms. The fourth-order valence-corrected chi connectivity index (χ4v) is 3.67. The summed E-state index contributed by atoms with van der Waals surface area (Å²) in [5.74, 6) is 1.82. The van der Waals surface area contributed by atoms with Gasteiger partial charge in [0.05, 0.1) is 5.69 Å². The first-order chi connectivity index (χ1) is 12.1. The maximum Gasteiger partial charge on any atom is 0.219 e. The van der Waals surface area contributed by atoms with Crippen molar-refractivity contribution in [1.82, 2.24) is 19.9 Å². The molecule has 0 N–H and O–H groups in total. The predicted molar refractivity (Wildman–Crippen MR) is 96.1 cm³/mol. The highest BCUT2D eigenvalue weighted by Gasteiger charge is 2.32. The van der Waals surface area contributed by atoms with Crippen LogP contribution in [0.2, 0.25) is 0 Å². The third kappa shape index (κ3) is 3.41. The first-order valence-electron chi connectivity index (χ1n) is 9.18. The van der Waals surface area contributed by atoms with E-state index in [1.807, 2.05) is 23.2 Å². The summed E-state index contributed by atoms with van der Waals surface area (Å²) in [4.78, 5) is 27.9. The van der Waals surface area contributed by atoms with Gasteiger partial charge < -0.3 is 4.90 Å². The molecule has 3 heterocycles. The van der Waals surface area contributed by atoms with Gasteiger partial charge in [0.15, 0.2) is 0 Å². The van der Waals surface area contributed by atoms with Crippen LogP contribution in [0.25, 0.3) is 11.3 Å². The summed E-state index contributed by atoms with van der Waals surface area (Å²) in [6, 6.07) is 6.40. The van der Waals surface area contributed by atoms with E-state index in [1.165, 1.54) is 12.8 Å². The van der Waals surface area contributed by atoms with Gasteiger partial charge >= 0.3 is 0 Å². The number of hydrogen-bond acceptors (Lipinski definition) is 4. The molecule has 1 saturated heterocycles. The highest BCUT2D eigenvalue weighted by atomic mass is 16.2. The summed E-state index contributed by atoms with van der Waals surface area (Å²) in [6.07, 6.45) is 8.09. The van der Waals surface area contributed by atoms with Crippen molar-refractivity contribution < 1.29 is 4.79 Å². The van der Waals surface area contributed by atoms with E-state index < -0.39 is 0 Å². The van der Waals surface area contributed by atoms with E-state index in [9.17, 15) is 4.79 Å². The van der Waals surface area contributed by atoms with Crippen molar-refractivity contribution >= 4 is 5.91 Å². The fraction of sp³-hybridized carbons (Fsp3) is 0.500. The Bertz CT molecular complexity index is 773. The molecule has 0 aromatic carbocycles. The van der Waals surface area contributed by atoms with Crippen LogP contribution in [0.15, 0.2) is 30.6 Å². The zero-order valence-corrected chi connectivity index (χ0v) is 14.9. The van der Waals surface area contributed by atoms with Crippen molar-refractivity contribution in [2.45, 2.75) is 57.4 Å². The molecule has 4 rings (SSSR count). The van der Waals surface area contributed by atoms with Crippen molar-refractivity contribution in [3.63, 3.8) is 0 Å². The number of rotatable bonds is 3. The van der Waals surface area contributed by atoms with Gasteiger partial charge in [-0.1, -0.05) is 0 Å². The second-order valence-corrected chi connectivity index (χ2v) is 7.35. The number of nitrogens with zero attached hydrogens (tertiary/aromatic N) is 4. The van der Waals surface area contributed by atoms with E-state index in [1.54, 1.807) is 13.1 Å². The van der Waals surface area contributed by atoms with Crippen LogP contribution in [0.5, 0.6) is 0 Å². The van der Waals surface area contributed by atoms with Crippen LogP contribution in [0.3, 0.4) is 0 Å². The quantitative estimate of drug-likeness (QED) is 0.860. The number of pyridine rings is 1. The minimum atomic E-state index is 0.142. The third-order valence-electron chi connectivity index (χ3n) is 5.37. The van der Waals surface area contributed by atoms with Gasteiger partial charge in [-0.05, 0) is 50.8 Å². The Kier molecular flexibility index (Phi) is 4.24. The number of piperidine rings is 1. The number of amides is 1. The average molecular weight is 336 g/mol. The number of aromatic nitrogens is 3. The summed E-state index contributed by atoms with van der Waals surface area (Å²) >= 11 is 0. The predicted octanol–water partition coefficient (Wildman–Crippen LogP) is 3.53. The fourth-order valence-electron chi connectivity index (χ4n) is 3.67. The SMILES string of the molecule is CC(=O)N1C[C@H](c2nc(-c3cccnc3)cc(C3CC3)n2)CC[C@@H]1C. The molecule has 2 aliphatic rings. The topological polar surface area (TPSA) is 59.0 Å². The van der Waals surface area contributed by atoms with Gasteiger partial charge in [0.25, 0.3) is 0 Å². The van der Waals surface area contributed by atoms with E-state index >= 15 is 0 Å². The number of carbonyl (C=O) groups is 1. The molecule has 1 aliphatic heterocycles. The smallest absolute Gasteiger partial charge is 0.219 e. The lowest BCUT2D eigenvalue weighted by molar-refractivity contribution is -0.132. The Morgan fingerprint density at radius 3 is 2.64 bits per heavy atom. The molecule has 1 amide bonds. The standard InChI is InChI=1S/C20H24N4O/c1-13-5-6-17(12-24(13)14(2)25)20-22-18(15-7-8-15)10-19(23-20)16-4-3-9-21-11-16/h3-4,9-11,13,15,17H,5-8,12H2,1-2H3/t13-,17+/m0/s1. The zero-order chi connectivity index (χ0) is 17.4. The monoisotopic (exact) mass is 336 g/mol. The lowest BCUT2D eigenvalue weighted by atomic mass is 9.92. The van der Waals surface area contributed by atoms with Gasteiger partial charge in [0.2, 0.25) is 5.91 Å². The van der Waals surface area contributed by atoms with Crippen molar-refractivity contribution in [3.8, 4) is 11.3 Å². The van der Waals surface area contributed by atoms with Gasteiger partial charge in [-0.2, -0.15) is 0 Å². The third-order valence-corrected chi connectivity index (χ3v) is 5.37. The van der Waals surface area contributed by atoms with Crippen LogP contribution < -0.4 is 0 Å². The van der Waals surface area contributed by atoms with Crippen LogP contribution in [0.1, 0.15) is 62.9 Å². The maximum atomic E-state index is 11.9. The lowest BCUT2D eigenvalue weighted by Crippen LogP contribution is -2.44. The Labute approximate surface area is 148 Å². The molecule has 0 radical (unpaired) electrons. The molecule has 5 nitrogen and oxygen atoms in total. The summed E-state index contributed by atoms with van der Waals surface area (Å²) < 4.78 is 0. The van der Waals surface area contributed by atoms with Crippen LogP contribution in [0, 0.1) is 0 Å². The number of carbonyl (C=O) groups excluding carboxylic acids is 1. The summed E-state index contributed by atoms with van der Waals surface area (Å²) in [5.41, 5.74) is 3.13. The van der Waals surface area contributed by atoms with Crippen LogP contribution in [-0.2, 0) is 4.79 Å². The number of likely N-dealkylation sites (tertiary alicyclic amines) is 1. The Morgan fingerprint density at radius 1 is 1.16 bits per heavy atom. The Morgan fingerprint density at radius 2 is 1.96 bits per heavy atom. The Hall–Kier alpha value is -2.30. The second-order valence-electron chi connectivity index (χ2n) is 7.35. The van der Waals surface area contributed by atoms with Crippen LogP contribution in [0.4, 0.5) is 0 Å². The largest absolute Gasteiger partial charge is 0.340 e. The average Bonchev–Trinajstić information content (AvgIpc) is 3.47. The minimum absolute atomic E-state index is 0.142. The van der Waals surface area contributed by atoms with E-state index in [2.05, 4.69) is 18.0 Å². The van der Waals surface area contributed by atoms with E-state index in [0.717, 1.165) is 42.2 Å². The van der Waals surface area contributed by atoms with Crippen LogP contribution in [-0.4, -0.2) is 38.3 Å². The molecule has 25 heavy (non-hydrogen) atoms. The van der Waals surface area contributed by atoms with Gasteiger partial charge in [0, 0.05) is 55.0 Å². The molecule has 1 saturated carbocycles. The lowest BCUT2D eigenvalue weighted by Gasteiger charge is -2.37. The highest BCUT2D eigenvalue weighted by Crippen LogP contribution is 2.41. The van der Waals surface area contributed by atoms with Crippen molar-refractivity contribution in [2.24, 2.45) is 0 Å². The van der Waals surface area contributed by atoms with Crippen molar-refractivity contribution in [3.05, 3.63) is 42.1 Å². The molecule has 130 valence electrons. The zero-order valence-electron chi connectivity index (χ0n) is 14.9.